The number of nitrogens with two attached hydrogens (primary N) is 1. The van der Waals surface area contributed by atoms with Crippen LogP contribution in [0.5, 0.6) is 0 Å². The van der Waals surface area contributed by atoms with Crippen LogP contribution in [0.25, 0.3) is 10.2 Å². The largest absolute Gasteiger partial charge is 0.477 e. The monoisotopic (exact) mass is 525 g/mol. The quantitative estimate of drug-likeness (QED) is 0.179. The van der Waals surface area contributed by atoms with Crippen LogP contribution in [0, 0.1) is 0 Å². The predicted octanol–water partition coefficient (Wildman–Crippen LogP) is 0.955. The van der Waals surface area contributed by atoms with Gasteiger partial charge in [-0.25, -0.2) is 9.78 Å². The van der Waals surface area contributed by atoms with Gasteiger partial charge in [-0.3, -0.25) is 14.5 Å². The van der Waals surface area contributed by atoms with Gasteiger partial charge in [0.05, 0.1) is 4.70 Å². The van der Waals surface area contributed by atoms with E-state index in [-0.39, 0.29) is 22.9 Å². The van der Waals surface area contributed by atoms with E-state index in [0.717, 1.165) is 10.2 Å². The molecule has 36 heavy (non-hydrogen) atoms. The standard InChI is InChI=1S/C23H20N6O5S2/c1-34-27-17(13-4-2-6-16(24)25-13)20(30)26-18-21(31)29-19(23(32)33)12(11-36-22(18)29)10-28-8-3-5-15-14(28)7-9-35-15/h2-9,18,22H,10-11H2,1H3,(H3-,24,25,26,30,32,33)/p+1/t18?,22-/m0/s1. The van der Waals surface area contributed by atoms with Gasteiger partial charge in [-0.1, -0.05) is 11.2 Å². The highest BCUT2D eigenvalue weighted by Gasteiger charge is 2.54. The fraction of sp³-hybridized carbons (Fsp3) is 0.217. The molecule has 2 aliphatic rings. The zero-order valence-corrected chi connectivity index (χ0v) is 20.6. The van der Waals surface area contributed by atoms with Crippen LogP contribution in [-0.2, 0) is 25.8 Å². The molecule has 1 saturated heterocycles. The number of nitrogen functional groups attached to an aromatic ring is 1. The SMILES string of the molecule is CON=C(C(=O)NC1C(=O)N2C(C(=O)O)=C(C[n+]3cccc4sccc43)CS[C@@H]12)c1cccc(N)n1. The normalized spacial score (nSPS) is 19.6. The summed E-state index contributed by atoms with van der Waals surface area (Å²) in [5.41, 5.74) is 7.32. The molecule has 0 saturated carbocycles. The molecule has 1 fully saturated rings. The Balaban J connectivity index is 1.38. The van der Waals surface area contributed by atoms with Crippen LogP contribution in [0.1, 0.15) is 5.69 Å². The van der Waals surface area contributed by atoms with Crippen molar-refractivity contribution in [3.8, 4) is 0 Å². The number of nitrogens with one attached hydrogen (secondary N) is 1. The molecule has 0 aromatic carbocycles. The number of carbonyl (C=O) groups excluding carboxylic acids is 2. The van der Waals surface area contributed by atoms with Crippen molar-refractivity contribution in [1.82, 2.24) is 15.2 Å². The van der Waals surface area contributed by atoms with Crippen LogP contribution in [0.4, 0.5) is 5.82 Å². The van der Waals surface area contributed by atoms with Crippen LogP contribution in [0.3, 0.4) is 0 Å². The van der Waals surface area contributed by atoms with Crippen LogP contribution in [-0.4, -0.2) is 62.8 Å². The van der Waals surface area contributed by atoms with Crippen molar-refractivity contribution >= 4 is 62.6 Å². The summed E-state index contributed by atoms with van der Waals surface area (Å²) >= 11 is 3.00. The molecule has 0 aliphatic carbocycles. The van der Waals surface area contributed by atoms with E-state index >= 15 is 0 Å². The number of rotatable bonds is 7. The summed E-state index contributed by atoms with van der Waals surface area (Å²) in [4.78, 5) is 48.4. The van der Waals surface area contributed by atoms with Gasteiger partial charge in [0.25, 0.3) is 11.8 Å². The zero-order valence-electron chi connectivity index (χ0n) is 19.0. The number of amides is 2. The van der Waals surface area contributed by atoms with Crippen LogP contribution in [0.15, 0.2) is 64.4 Å². The predicted molar refractivity (Wildman–Crippen MR) is 134 cm³/mol. The molecule has 3 aromatic rings. The summed E-state index contributed by atoms with van der Waals surface area (Å²) in [7, 11) is 1.28. The molecule has 2 aliphatic heterocycles. The van der Waals surface area contributed by atoms with Crippen molar-refractivity contribution in [2.75, 3.05) is 18.6 Å². The van der Waals surface area contributed by atoms with Crippen molar-refractivity contribution in [2.24, 2.45) is 5.16 Å². The fourth-order valence-electron chi connectivity index (χ4n) is 4.23. The third kappa shape index (κ3) is 4.16. The van der Waals surface area contributed by atoms with Crippen LogP contribution < -0.4 is 15.6 Å². The maximum atomic E-state index is 13.1. The first kappa shape index (κ1) is 23.8. The van der Waals surface area contributed by atoms with E-state index in [1.54, 1.807) is 29.5 Å². The van der Waals surface area contributed by atoms with Gasteiger partial charge < -0.3 is 21.0 Å². The second-order valence-electron chi connectivity index (χ2n) is 7.99. The van der Waals surface area contributed by atoms with E-state index < -0.39 is 29.2 Å². The summed E-state index contributed by atoms with van der Waals surface area (Å²) < 4.78 is 3.06. The molecule has 1 unspecified atom stereocenters. The van der Waals surface area contributed by atoms with Gasteiger partial charge >= 0.3 is 5.97 Å². The minimum absolute atomic E-state index is 0.0442. The van der Waals surface area contributed by atoms with Crippen LogP contribution in [0.2, 0.25) is 0 Å². The fourth-order valence-corrected chi connectivity index (χ4v) is 6.37. The summed E-state index contributed by atoms with van der Waals surface area (Å²) in [5.74, 6) is -1.78. The molecule has 5 rings (SSSR count). The second kappa shape index (κ2) is 9.59. The number of hydrogen-bond acceptors (Lipinski definition) is 9. The van der Waals surface area contributed by atoms with Gasteiger partial charge in [-0.15, -0.1) is 23.1 Å². The molecule has 0 bridgehead atoms. The number of carboxylic acids is 1. The Hall–Kier alpha value is -3.97. The van der Waals surface area contributed by atoms with E-state index in [2.05, 4.69) is 15.5 Å². The number of aliphatic carboxylic acids is 1. The number of oxime groups is 1. The maximum absolute atomic E-state index is 13.1. The van der Waals surface area contributed by atoms with Gasteiger partial charge in [-0.2, -0.15) is 4.57 Å². The molecule has 0 radical (unpaired) electrons. The molecule has 0 spiro atoms. The number of aromatic nitrogens is 2. The number of hydrogen-bond donors (Lipinski definition) is 3. The number of fused-ring (bicyclic) bond motifs is 2. The smallest absolute Gasteiger partial charge is 0.352 e. The molecule has 4 N–H and O–H groups in total. The van der Waals surface area contributed by atoms with Gasteiger partial charge in [0.1, 0.15) is 35.7 Å². The average molecular weight is 526 g/mol. The lowest BCUT2D eigenvalue weighted by atomic mass is 10.0. The first-order valence-electron chi connectivity index (χ1n) is 10.8. The molecule has 11 nitrogen and oxygen atoms in total. The zero-order chi connectivity index (χ0) is 25.4. The van der Waals surface area contributed by atoms with E-state index in [4.69, 9.17) is 10.6 Å². The van der Waals surface area contributed by atoms with E-state index in [1.165, 1.54) is 23.8 Å². The summed E-state index contributed by atoms with van der Waals surface area (Å²) in [5, 5.41) is 17.8. The first-order valence-corrected chi connectivity index (χ1v) is 12.7. The number of thiophene rings is 1. The molecule has 3 aromatic heterocycles. The Morgan fingerprint density at radius 2 is 2.17 bits per heavy atom. The third-order valence-electron chi connectivity index (χ3n) is 5.80. The second-order valence-corrected chi connectivity index (χ2v) is 10.0. The van der Waals surface area contributed by atoms with Crippen LogP contribution >= 0.6 is 23.1 Å². The number of carboxylic acid groups (broad SMARTS) is 1. The Labute approximate surface area is 213 Å². The summed E-state index contributed by atoms with van der Waals surface area (Å²) in [6, 6.07) is 9.69. The Morgan fingerprint density at radius 3 is 2.92 bits per heavy atom. The number of thioether (sulfide) groups is 1. The number of nitrogens with zero attached hydrogens (tertiary/aromatic N) is 4. The molecule has 2 atom stereocenters. The summed E-state index contributed by atoms with van der Waals surface area (Å²) in [6.45, 7) is 0.335. The van der Waals surface area contributed by atoms with Crippen molar-refractivity contribution in [3.05, 3.63) is 64.9 Å². The minimum atomic E-state index is -1.18. The lowest BCUT2D eigenvalue weighted by Crippen LogP contribution is -2.71. The van der Waals surface area contributed by atoms with E-state index in [1.807, 2.05) is 34.3 Å². The molecule has 2 amide bonds. The number of β-lactam (4-membered cyclic amide) rings is 1. The van der Waals surface area contributed by atoms with Gasteiger partial charge in [0, 0.05) is 23.5 Å². The van der Waals surface area contributed by atoms with Gasteiger partial charge in [-0.05, 0) is 23.6 Å². The molecule has 5 heterocycles. The van der Waals surface area contributed by atoms with E-state index in [0.29, 0.717) is 17.9 Å². The van der Waals surface area contributed by atoms with Gasteiger partial charge in [0.15, 0.2) is 18.5 Å². The molecular weight excluding hydrogens is 504 g/mol. The molecule has 13 heteroatoms. The number of anilines is 1. The van der Waals surface area contributed by atoms with Crippen molar-refractivity contribution < 1.29 is 28.9 Å². The first-order chi connectivity index (χ1) is 17.4. The highest BCUT2D eigenvalue weighted by atomic mass is 32.2. The Kier molecular flexibility index (Phi) is 6.33. The minimum Gasteiger partial charge on any atom is -0.477 e. The van der Waals surface area contributed by atoms with E-state index in [9.17, 15) is 19.5 Å². The Morgan fingerprint density at radius 1 is 1.33 bits per heavy atom. The summed E-state index contributed by atoms with van der Waals surface area (Å²) in [6.07, 6.45) is 1.89. The molecule has 184 valence electrons. The topological polar surface area (TPSA) is 151 Å². The highest BCUT2D eigenvalue weighted by molar-refractivity contribution is 8.00. The van der Waals surface area contributed by atoms with Crippen molar-refractivity contribution in [3.63, 3.8) is 0 Å². The average Bonchev–Trinajstić information content (AvgIpc) is 3.35. The Bertz CT molecular complexity index is 1450. The highest BCUT2D eigenvalue weighted by Crippen LogP contribution is 2.40. The molecular formula is C23H21N6O5S2+. The van der Waals surface area contributed by atoms with Crippen molar-refractivity contribution in [2.45, 2.75) is 18.0 Å². The number of carbonyl (C=O) groups is 3. The number of pyridine rings is 2. The lowest BCUT2D eigenvalue weighted by Gasteiger charge is -2.49. The van der Waals surface area contributed by atoms with Gasteiger partial charge in [0.2, 0.25) is 5.52 Å². The maximum Gasteiger partial charge on any atom is 0.352 e. The third-order valence-corrected chi connectivity index (χ3v) is 8.02. The lowest BCUT2D eigenvalue weighted by molar-refractivity contribution is -0.663. The van der Waals surface area contributed by atoms with Crippen molar-refractivity contribution in [1.29, 1.82) is 0 Å².